The minimum absolute atomic E-state index is 0.0911. The summed E-state index contributed by atoms with van der Waals surface area (Å²) in [6.07, 6.45) is 0.494. The SMILES string of the molecule is Cc1cc(=O)oc2cc(OC[C@@H](O)CN3CCN(S(C)(=O)=O)CC3)ccc12. The molecule has 3 rings (SSSR count). The Bertz CT molecular complexity index is 963. The number of ether oxygens (including phenoxy) is 1. The first-order valence-electron chi connectivity index (χ1n) is 8.75. The van der Waals surface area contributed by atoms with Crippen LogP contribution in [0.3, 0.4) is 0 Å². The predicted molar refractivity (Wildman–Crippen MR) is 102 cm³/mol. The molecule has 0 saturated carbocycles. The second-order valence-corrected chi connectivity index (χ2v) is 8.82. The lowest BCUT2D eigenvalue weighted by Crippen LogP contribution is -2.50. The third kappa shape index (κ3) is 5.07. The Labute approximate surface area is 158 Å². The molecular formula is C18H24N2O6S. The van der Waals surface area contributed by atoms with Crippen LogP contribution in [0.4, 0.5) is 0 Å². The third-order valence-corrected chi connectivity index (χ3v) is 5.94. The number of benzene rings is 1. The molecule has 2 aromatic rings. The van der Waals surface area contributed by atoms with Gasteiger partial charge in [-0.25, -0.2) is 13.2 Å². The highest BCUT2D eigenvalue weighted by Gasteiger charge is 2.24. The van der Waals surface area contributed by atoms with Gasteiger partial charge in [0.2, 0.25) is 10.0 Å². The van der Waals surface area contributed by atoms with E-state index in [1.807, 2.05) is 17.9 Å². The molecule has 148 valence electrons. The molecule has 0 unspecified atom stereocenters. The number of nitrogens with zero attached hydrogens (tertiary/aromatic N) is 2. The fourth-order valence-electron chi connectivity index (χ4n) is 3.18. The van der Waals surface area contributed by atoms with Crippen molar-refractivity contribution < 1.29 is 22.7 Å². The number of hydrogen-bond acceptors (Lipinski definition) is 7. The van der Waals surface area contributed by atoms with Gasteiger partial charge in [0.1, 0.15) is 24.0 Å². The van der Waals surface area contributed by atoms with Crippen molar-refractivity contribution in [1.29, 1.82) is 0 Å². The van der Waals surface area contributed by atoms with E-state index in [0.717, 1.165) is 10.9 Å². The van der Waals surface area contributed by atoms with E-state index in [4.69, 9.17) is 9.15 Å². The van der Waals surface area contributed by atoms with Gasteiger partial charge in [-0.2, -0.15) is 4.31 Å². The quantitative estimate of drug-likeness (QED) is 0.706. The maximum absolute atomic E-state index is 11.5. The van der Waals surface area contributed by atoms with E-state index >= 15 is 0 Å². The van der Waals surface area contributed by atoms with E-state index in [-0.39, 0.29) is 6.61 Å². The second kappa shape index (κ2) is 7.97. The van der Waals surface area contributed by atoms with Gasteiger partial charge in [-0.15, -0.1) is 0 Å². The lowest BCUT2D eigenvalue weighted by molar-refractivity contribution is 0.0570. The molecule has 2 heterocycles. The molecule has 1 aliphatic rings. The van der Waals surface area contributed by atoms with Crippen LogP contribution in [0.5, 0.6) is 5.75 Å². The zero-order valence-electron chi connectivity index (χ0n) is 15.4. The van der Waals surface area contributed by atoms with Crippen LogP contribution in [-0.4, -0.2) is 74.4 Å². The molecule has 27 heavy (non-hydrogen) atoms. The number of aryl methyl sites for hydroxylation is 1. The minimum atomic E-state index is -3.16. The summed E-state index contributed by atoms with van der Waals surface area (Å²) in [4.78, 5) is 13.5. The summed E-state index contributed by atoms with van der Waals surface area (Å²) in [5, 5.41) is 11.1. The van der Waals surface area contributed by atoms with Crippen molar-refractivity contribution in [3.63, 3.8) is 0 Å². The van der Waals surface area contributed by atoms with Gasteiger partial charge in [0.15, 0.2) is 0 Å². The summed E-state index contributed by atoms with van der Waals surface area (Å²) < 4.78 is 35.3. The highest BCUT2D eigenvalue weighted by atomic mass is 32.2. The van der Waals surface area contributed by atoms with Gasteiger partial charge in [-0.05, 0) is 24.6 Å². The van der Waals surface area contributed by atoms with Crippen molar-refractivity contribution in [3.05, 3.63) is 40.2 Å². The van der Waals surface area contributed by atoms with Crippen LogP contribution in [0.15, 0.2) is 33.5 Å². The van der Waals surface area contributed by atoms with Gasteiger partial charge < -0.3 is 14.3 Å². The summed E-state index contributed by atoms with van der Waals surface area (Å²) >= 11 is 0. The van der Waals surface area contributed by atoms with Crippen LogP contribution in [-0.2, 0) is 10.0 Å². The van der Waals surface area contributed by atoms with E-state index in [0.29, 0.717) is 44.1 Å². The molecule has 8 nitrogen and oxygen atoms in total. The molecule has 0 spiro atoms. The number of fused-ring (bicyclic) bond motifs is 1. The van der Waals surface area contributed by atoms with Crippen LogP contribution in [0.1, 0.15) is 5.56 Å². The summed E-state index contributed by atoms with van der Waals surface area (Å²) in [5.74, 6) is 0.511. The summed E-state index contributed by atoms with van der Waals surface area (Å²) in [6, 6.07) is 6.67. The van der Waals surface area contributed by atoms with Gasteiger partial charge in [-0.3, -0.25) is 4.90 Å². The van der Waals surface area contributed by atoms with Crippen molar-refractivity contribution in [1.82, 2.24) is 9.21 Å². The lowest BCUT2D eigenvalue weighted by Gasteiger charge is -2.34. The molecule has 9 heteroatoms. The highest BCUT2D eigenvalue weighted by molar-refractivity contribution is 7.88. The van der Waals surface area contributed by atoms with Crippen molar-refractivity contribution in [2.45, 2.75) is 13.0 Å². The fourth-order valence-corrected chi connectivity index (χ4v) is 4.01. The van der Waals surface area contributed by atoms with Gasteiger partial charge in [0.05, 0.1) is 6.26 Å². The van der Waals surface area contributed by atoms with E-state index in [9.17, 15) is 18.3 Å². The zero-order chi connectivity index (χ0) is 19.6. The molecule has 1 atom stereocenters. The average Bonchev–Trinajstić information content (AvgIpc) is 2.59. The standard InChI is InChI=1S/C18H24N2O6S/c1-13-9-18(22)26-17-10-15(3-4-16(13)17)25-12-14(21)11-19-5-7-20(8-6-19)27(2,23)24/h3-4,9-10,14,21H,5-8,11-12H2,1-2H3/t14-/m0/s1. The molecule has 1 aliphatic heterocycles. The summed E-state index contributed by atoms with van der Waals surface area (Å²) in [5.41, 5.74) is 0.871. The number of piperazine rings is 1. The normalized spacial score (nSPS) is 17.9. The molecule has 1 aromatic heterocycles. The van der Waals surface area contributed by atoms with Crippen molar-refractivity contribution in [2.75, 3.05) is 45.6 Å². The topological polar surface area (TPSA) is 100 Å². The van der Waals surface area contributed by atoms with Crippen LogP contribution >= 0.6 is 0 Å². The van der Waals surface area contributed by atoms with Gasteiger partial charge in [-0.1, -0.05) is 0 Å². The fraction of sp³-hybridized carbons (Fsp3) is 0.500. The summed E-state index contributed by atoms with van der Waals surface area (Å²) in [7, 11) is -3.16. The number of hydrogen-bond donors (Lipinski definition) is 1. The Morgan fingerprint density at radius 1 is 1.22 bits per heavy atom. The van der Waals surface area contributed by atoms with Crippen LogP contribution < -0.4 is 10.4 Å². The zero-order valence-corrected chi connectivity index (χ0v) is 16.2. The molecule has 1 N–H and O–H groups in total. The average molecular weight is 396 g/mol. The van der Waals surface area contributed by atoms with Gasteiger partial charge >= 0.3 is 5.63 Å². The van der Waals surface area contributed by atoms with Crippen molar-refractivity contribution >= 4 is 21.0 Å². The first-order chi connectivity index (χ1) is 12.7. The molecule has 0 amide bonds. The van der Waals surface area contributed by atoms with Crippen molar-refractivity contribution in [2.24, 2.45) is 0 Å². The van der Waals surface area contributed by atoms with Crippen LogP contribution in [0.2, 0.25) is 0 Å². The number of rotatable bonds is 6. The Kier molecular flexibility index (Phi) is 5.85. The Morgan fingerprint density at radius 2 is 1.93 bits per heavy atom. The molecule has 1 aromatic carbocycles. The molecule has 0 radical (unpaired) electrons. The number of sulfonamides is 1. The maximum atomic E-state index is 11.5. The second-order valence-electron chi connectivity index (χ2n) is 6.83. The van der Waals surface area contributed by atoms with E-state index < -0.39 is 21.8 Å². The van der Waals surface area contributed by atoms with Crippen LogP contribution in [0, 0.1) is 6.92 Å². The minimum Gasteiger partial charge on any atom is -0.491 e. The van der Waals surface area contributed by atoms with Gasteiger partial charge in [0.25, 0.3) is 0 Å². The largest absolute Gasteiger partial charge is 0.491 e. The molecule has 0 aliphatic carbocycles. The Hall–Kier alpha value is -1.94. The van der Waals surface area contributed by atoms with E-state index in [1.165, 1.54) is 16.6 Å². The first-order valence-corrected chi connectivity index (χ1v) is 10.6. The first kappa shape index (κ1) is 19.8. The summed E-state index contributed by atoms with van der Waals surface area (Å²) in [6.45, 7) is 4.33. The Balaban J connectivity index is 1.53. The Morgan fingerprint density at radius 3 is 2.59 bits per heavy atom. The van der Waals surface area contributed by atoms with Crippen LogP contribution in [0.25, 0.3) is 11.0 Å². The third-order valence-electron chi connectivity index (χ3n) is 4.63. The molecule has 1 fully saturated rings. The number of aliphatic hydroxyl groups excluding tert-OH is 1. The van der Waals surface area contributed by atoms with E-state index in [2.05, 4.69) is 0 Å². The lowest BCUT2D eigenvalue weighted by atomic mass is 10.1. The maximum Gasteiger partial charge on any atom is 0.336 e. The monoisotopic (exact) mass is 396 g/mol. The number of aliphatic hydroxyl groups is 1. The molecular weight excluding hydrogens is 372 g/mol. The number of β-amino-alcohol motifs (C(OH)–C–C–N with tert-alkyl or cyclic N) is 1. The van der Waals surface area contributed by atoms with Crippen molar-refractivity contribution in [3.8, 4) is 5.75 Å². The predicted octanol–water partition coefficient (Wildman–Crippen LogP) is 0.418. The molecule has 1 saturated heterocycles. The molecule has 0 bridgehead atoms. The van der Waals surface area contributed by atoms with E-state index in [1.54, 1.807) is 12.1 Å². The smallest absolute Gasteiger partial charge is 0.336 e. The highest BCUT2D eigenvalue weighted by Crippen LogP contribution is 2.22. The van der Waals surface area contributed by atoms with Gasteiger partial charge in [0, 0.05) is 50.2 Å².